The number of benzene rings is 3. The SMILES string of the molecule is O=C(COc1ccccc1/C=N\NC(=O)c1cc2ccccc2o1)Nc1ccccc1. The van der Waals surface area contributed by atoms with E-state index < -0.39 is 5.91 Å². The highest BCUT2D eigenvalue weighted by Crippen LogP contribution is 2.19. The van der Waals surface area contributed by atoms with E-state index in [9.17, 15) is 9.59 Å². The third kappa shape index (κ3) is 5.16. The minimum Gasteiger partial charge on any atom is -0.483 e. The van der Waals surface area contributed by atoms with Gasteiger partial charge in [-0.25, -0.2) is 5.43 Å². The highest BCUT2D eigenvalue weighted by Gasteiger charge is 2.11. The smallest absolute Gasteiger partial charge is 0.307 e. The highest BCUT2D eigenvalue weighted by molar-refractivity contribution is 5.96. The van der Waals surface area contributed by atoms with E-state index in [4.69, 9.17) is 9.15 Å². The predicted octanol–water partition coefficient (Wildman–Crippen LogP) is 4.21. The fourth-order valence-electron chi connectivity index (χ4n) is 2.89. The number of carbonyl (C=O) groups is 2. The van der Waals surface area contributed by atoms with E-state index in [-0.39, 0.29) is 18.3 Å². The number of hydrazone groups is 1. The fourth-order valence-corrected chi connectivity index (χ4v) is 2.89. The molecule has 0 spiro atoms. The molecule has 154 valence electrons. The molecule has 0 aliphatic heterocycles. The molecule has 1 heterocycles. The van der Waals surface area contributed by atoms with Crippen LogP contribution in [0.15, 0.2) is 94.4 Å². The maximum absolute atomic E-state index is 12.3. The number of fused-ring (bicyclic) bond motifs is 1. The quantitative estimate of drug-likeness (QED) is 0.351. The number of nitrogens with zero attached hydrogens (tertiary/aromatic N) is 1. The van der Waals surface area contributed by atoms with Gasteiger partial charge in [-0.15, -0.1) is 0 Å². The third-order valence-electron chi connectivity index (χ3n) is 4.35. The lowest BCUT2D eigenvalue weighted by atomic mass is 10.2. The van der Waals surface area contributed by atoms with E-state index in [0.29, 0.717) is 22.6 Å². The summed E-state index contributed by atoms with van der Waals surface area (Å²) in [6, 6.07) is 25.2. The largest absolute Gasteiger partial charge is 0.483 e. The molecular weight excluding hydrogens is 394 g/mol. The van der Waals surface area contributed by atoms with Gasteiger partial charge in [0.1, 0.15) is 11.3 Å². The fraction of sp³-hybridized carbons (Fsp3) is 0.0417. The first-order valence-electron chi connectivity index (χ1n) is 9.58. The average molecular weight is 413 g/mol. The van der Waals surface area contributed by atoms with Gasteiger partial charge < -0.3 is 14.5 Å². The number of hydrogen-bond donors (Lipinski definition) is 2. The first-order chi connectivity index (χ1) is 15.2. The van der Waals surface area contributed by atoms with Crippen LogP contribution in [0.25, 0.3) is 11.0 Å². The maximum atomic E-state index is 12.3. The molecule has 2 amide bonds. The third-order valence-corrected chi connectivity index (χ3v) is 4.35. The lowest BCUT2D eigenvalue weighted by Gasteiger charge is -2.09. The lowest BCUT2D eigenvalue weighted by molar-refractivity contribution is -0.118. The standard InChI is InChI=1S/C24H19N3O4/c28-23(26-19-10-2-1-3-11-19)16-30-20-12-6-5-9-18(20)15-25-27-24(29)22-14-17-8-4-7-13-21(17)31-22/h1-15H,16H2,(H,26,28)(H,27,29)/b25-15-. The Hall–Kier alpha value is -4.39. The zero-order valence-electron chi connectivity index (χ0n) is 16.4. The number of hydrogen-bond acceptors (Lipinski definition) is 5. The Balaban J connectivity index is 1.36. The number of rotatable bonds is 7. The summed E-state index contributed by atoms with van der Waals surface area (Å²) >= 11 is 0. The first kappa shape index (κ1) is 19.9. The van der Waals surface area contributed by atoms with Crippen LogP contribution in [0.5, 0.6) is 5.75 Å². The van der Waals surface area contributed by atoms with Gasteiger partial charge in [-0.3, -0.25) is 9.59 Å². The van der Waals surface area contributed by atoms with Crippen molar-refractivity contribution in [3.05, 3.63) is 96.3 Å². The van der Waals surface area contributed by atoms with E-state index in [0.717, 1.165) is 5.39 Å². The monoisotopic (exact) mass is 413 g/mol. The van der Waals surface area contributed by atoms with Crippen LogP contribution in [-0.4, -0.2) is 24.6 Å². The van der Waals surface area contributed by atoms with Crippen molar-refractivity contribution in [1.29, 1.82) is 0 Å². The summed E-state index contributed by atoms with van der Waals surface area (Å²) in [4.78, 5) is 24.4. The minimum atomic E-state index is -0.465. The van der Waals surface area contributed by atoms with E-state index in [1.807, 2.05) is 36.4 Å². The first-order valence-corrected chi connectivity index (χ1v) is 9.58. The van der Waals surface area contributed by atoms with Gasteiger partial charge in [0.15, 0.2) is 12.4 Å². The molecule has 4 rings (SSSR count). The van der Waals surface area contributed by atoms with Crippen LogP contribution in [0, 0.1) is 0 Å². The van der Waals surface area contributed by atoms with Crippen LogP contribution in [0.3, 0.4) is 0 Å². The molecule has 0 atom stereocenters. The molecule has 2 N–H and O–H groups in total. The van der Waals surface area contributed by atoms with Crippen molar-refractivity contribution in [3.63, 3.8) is 0 Å². The summed E-state index contributed by atoms with van der Waals surface area (Å²) in [6.07, 6.45) is 1.45. The molecule has 0 saturated heterocycles. The Morgan fingerprint density at radius 3 is 2.52 bits per heavy atom. The number of nitrogens with one attached hydrogen (secondary N) is 2. The Morgan fingerprint density at radius 2 is 1.68 bits per heavy atom. The van der Waals surface area contributed by atoms with Crippen molar-refractivity contribution in [2.45, 2.75) is 0 Å². The molecule has 4 aromatic rings. The predicted molar refractivity (Wildman–Crippen MR) is 118 cm³/mol. The Morgan fingerprint density at radius 1 is 0.935 bits per heavy atom. The van der Waals surface area contributed by atoms with Crippen molar-refractivity contribution >= 4 is 34.7 Å². The second-order valence-corrected chi connectivity index (χ2v) is 6.59. The van der Waals surface area contributed by atoms with Gasteiger partial charge in [0, 0.05) is 16.6 Å². The van der Waals surface area contributed by atoms with E-state index in [1.165, 1.54) is 6.21 Å². The van der Waals surface area contributed by atoms with Crippen LogP contribution >= 0.6 is 0 Å². The van der Waals surface area contributed by atoms with Gasteiger partial charge in [-0.2, -0.15) is 5.10 Å². The number of anilines is 1. The Kier molecular flexibility index (Phi) is 6.04. The van der Waals surface area contributed by atoms with Crippen molar-refractivity contribution in [1.82, 2.24) is 5.43 Å². The van der Waals surface area contributed by atoms with Gasteiger partial charge in [-0.1, -0.05) is 48.5 Å². The van der Waals surface area contributed by atoms with E-state index in [2.05, 4.69) is 15.8 Å². The highest BCUT2D eigenvalue weighted by atomic mass is 16.5. The van der Waals surface area contributed by atoms with Gasteiger partial charge in [0.05, 0.1) is 6.21 Å². The summed E-state index contributed by atoms with van der Waals surface area (Å²) in [6.45, 7) is -0.162. The number of furan rings is 1. The van der Waals surface area contributed by atoms with E-state index >= 15 is 0 Å². The summed E-state index contributed by atoms with van der Waals surface area (Å²) in [7, 11) is 0. The summed E-state index contributed by atoms with van der Waals surface area (Å²) in [5.74, 6) is -0.114. The van der Waals surface area contributed by atoms with Gasteiger partial charge in [0.2, 0.25) is 0 Å². The molecule has 0 unspecified atom stereocenters. The molecule has 0 radical (unpaired) electrons. The van der Waals surface area contributed by atoms with Crippen LogP contribution in [0.2, 0.25) is 0 Å². The zero-order valence-corrected chi connectivity index (χ0v) is 16.4. The molecule has 7 nitrogen and oxygen atoms in total. The molecule has 0 aliphatic carbocycles. The summed E-state index contributed by atoms with van der Waals surface area (Å²) < 4.78 is 11.1. The average Bonchev–Trinajstić information content (AvgIpc) is 3.23. The molecule has 31 heavy (non-hydrogen) atoms. The second kappa shape index (κ2) is 9.41. The molecule has 7 heteroatoms. The van der Waals surface area contributed by atoms with Crippen LogP contribution in [0.4, 0.5) is 5.69 Å². The molecule has 0 bridgehead atoms. The molecule has 0 fully saturated rings. The lowest BCUT2D eigenvalue weighted by Crippen LogP contribution is -2.20. The van der Waals surface area contributed by atoms with Crippen LogP contribution < -0.4 is 15.5 Å². The number of ether oxygens (including phenoxy) is 1. The van der Waals surface area contributed by atoms with Crippen molar-refractivity contribution < 1.29 is 18.7 Å². The summed E-state index contributed by atoms with van der Waals surface area (Å²) in [5.41, 5.74) is 4.37. The van der Waals surface area contributed by atoms with Crippen molar-refractivity contribution in [2.24, 2.45) is 5.10 Å². The van der Waals surface area contributed by atoms with Gasteiger partial charge in [-0.05, 0) is 36.4 Å². The van der Waals surface area contributed by atoms with Crippen molar-refractivity contribution in [3.8, 4) is 5.75 Å². The Bertz CT molecular complexity index is 1200. The summed E-state index contributed by atoms with van der Waals surface area (Å²) in [5, 5.41) is 7.57. The number of para-hydroxylation sites is 3. The van der Waals surface area contributed by atoms with Crippen LogP contribution in [-0.2, 0) is 4.79 Å². The zero-order chi connectivity index (χ0) is 21.5. The normalized spacial score (nSPS) is 10.8. The minimum absolute atomic E-state index is 0.162. The van der Waals surface area contributed by atoms with Crippen LogP contribution in [0.1, 0.15) is 16.1 Å². The topological polar surface area (TPSA) is 92.9 Å². The molecule has 1 aromatic heterocycles. The molecule has 0 saturated carbocycles. The molecule has 3 aromatic carbocycles. The van der Waals surface area contributed by atoms with Crippen molar-refractivity contribution in [2.75, 3.05) is 11.9 Å². The number of carbonyl (C=O) groups excluding carboxylic acids is 2. The maximum Gasteiger partial charge on any atom is 0.307 e. The number of amides is 2. The van der Waals surface area contributed by atoms with Gasteiger partial charge in [0.25, 0.3) is 5.91 Å². The molecule has 0 aliphatic rings. The molecular formula is C24H19N3O4. The van der Waals surface area contributed by atoms with E-state index in [1.54, 1.807) is 48.5 Å². The Labute approximate surface area is 178 Å². The second-order valence-electron chi connectivity index (χ2n) is 6.59. The van der Waals surface area contributed by atoms with Gasteiger partial charge >= 0.3 is 5.91 Å².